The van der Waals surface area contributed by atoms with Crippen LogP contribution in [0.25, 0.3) is 0 Å². The summed E-state index contributed by atoms with van der Waals surface area (Å²) in [7, 11) is 0. The first-order valence-electron chi connectivity index (χ1n) is 4.55. The largest absolute Gasteiger partial charge is 0.492 e. The van der Waals surface area contributed by atoms with Gasteiger partial charge in [0.25, 0.3) is 0 Å². The van der Waals surface area contributed by atoms with Crippen LogP contribution in [-0.4, -0.2) is 10.1 Å². The molecule has 78 valence electrons. The Morgan fingerprint density at radius 3 is 2.53 bits per heavy atom. The molecule has 1 N–H and O–H groups in total. The van der Waals surface area contributed by atoms with Crippen molar-refractivity contribution in [2.24, 2.45) is 0 Å². The summed E-state index contributed by atoms with van der Waals surface area (Å²) < 4.78 is 0. The molecule has 2 nitrogen and oxygen atoms in total. The second kappa shape index (κ2) is 4.21. The van der Waals surface area contributed by atoms with Gasteiger partial charge in [-0.3, -0.25) is 0 Å². The molecule has 2 aromatic rings. The number of benzene rings is 1. The number of hydrogen-bond acceptors (Lipinski definition) is 3. The smallest absolute Gasteiger partial charge is 0.225 e. The summed E-state index contributed by atoms with van der Waals surface area (Å²) in [6.07, 6.45) is 0.739. The second-order valence-corrected chi connectivity index (χ2v) is 5.01. The summed E-state index contributed by atoms with van der Waals surface area (Å²) in [5.74, 6) is 0.143. The third-order valence-corrected chi connectivity index (χ3v) is 3.30. The van der Waals surface area contributed by atoms with Crippen LogP contribution in [0.2, 0.25) is 5.02 Å². The number of aromatic nitrogens is 1. The highest BCUT2D eigenvalue weighted by Gasteiger charge is 2.06. The van der Waals surface area contributed by atoms with Gasteiger partial charge in [0.1, 0.15) is 5.01 Å². The Bertz CT molecular complexity index is 444. The van der Waals surface area contributed by atoms with E-state index in [1.807, 2.05) is 31.2 Å². The Labute approximate surface area is 97.2 Å². The van der Waals surface area contributed by atoms with Crippen LogP contribution in [0.3, 0.4) is 0 Å². The monoisotopic (exact) mass is 239 g/mol. The van der Waals surface area contributed by atoms with Crippen LogP contribution < -0.4 is 0 Å². The van der Waals surface area contributed by atoms with Crippen LogP contribution in [0, 0.1) is 6.92 Å². The third kappa shape index (κ3) is 2.49. The maximum Gasteiger partial charge on any atom is 0.225 e. The predicted molar refractivity (Wildman–Crippen MR) is 62.8 cm³/mol. The summed E-state index contributed by atoms with van der Waals surface area (Å²) in [4.78, 5) is 4.93. The number of halogens is 1. The summed E-state index contributed by atoms with van der Waals surface area (Å²) >= 11 is 7.31. The number of rotatable bonds is 2. The standard InChI is InChI=1S/C11H10ClNOS/c1-7-11(14)13-10(15-7)6-8-2-4-9(12)5-3-8/h2-5,14H,6H2,1H3. The Morgan fingerprint density at radius 2 is 2.00 bits per heavy atom. The zero-order valence-corrected chi connectivity index (χ0v) is 9.77. The van der Waals surface area contributed by atoms with E-state index in [4.69, 9.17) is 11.6 Å². The van der Waals surface area contributed by atoms with E-state index in [-0.39, 0.29) is 5.88 Å². The zero-order valence-electron chi connectivity index (χ0n) is 8.20. The molecule has 0 unspecified atom stereocenters. The maximum atomic E-state index is 9.34. The highest BCUT2D eigenvalue weighted by molar-refractivity contribution is 7.11. The van der Waals surface area contributed by atoms with E-state index >= 15 is 0 Å². The van der Waals surface area contributed by atoms with E-state index in [1.165, 1.54) is 11.3 Å². The first kappa shape index (κ1) is 10.5. The Morgan fingerprint density at radius 1 is 1.33 bits per heavy atom. The van der Waals surface area contributed by atoms with Crippen LogP contribution in [0.4, 0.5) is 0 Å². The van der Waals surface area contributed by atoms with Gasteiger partial charge in [0.05, 0.1) is 4.88 Å². The summed E-state index contributed by atoms with van der Waals surface area (Å²) in [6, 6.07) is 7.65. The van der Waals surface area contributed by atoms with E-state index < -0.39 is 0 Å². The minimum Gasteiger partial charge on any atom is -0.492 e. The van der Waals surface area contributed by atoms with Crippen LogP contribution >= 0.6 is 22.9 Å². The van der Waals surface area contributed by atoms with Gasteiger partial charge in [-0.05, 0) is 24.6 Å². The van der Waals surface area contributed by atoms with Gasteiger partial charge in [0, 0.05) is 11.4 Å². The molecule has 0 atom stereocenters. The van der Waals surface area contributed by atoms with Crippen molar-refractivity contribution in [3.8, 4) is 5.88 Å². The fourth-order valence-corrected chi connectivity index (χ4v) is 2.28. The Hall–Kier alpha value is -1.06. The lowest BCUT2D eigenvalue weighted by molar-refractivity contribution is 0.452. The highest BCUT2D eigenvalue weighted by Crippen LogP contribution is 2.24. The topological polar surface area (TPSA) is 33.1 Å². The van der Waals surface area contributed by atoms with Gasteiger partial charge < -0.3 is 5.11 Å². The molecule has 0 amide bonds. The molecule has 0 spiro atoms. The predicted octanol–water partition coefficient (Wildman–Crippen LogP) is 3.40. The average Bonchev–Trinajstić information content (AvgIpc) is 2.50. The van der Waals surface area contributed by atoms with E-state index in [1.54, 1.807) is 0 Å². The summed E-state index contributed by atoms with van der Waals surface area (Å²) in [6.45, 7) is 1.86. The molecule has 1 aromatic carbocycles. The lowest BCUT2D eigenvalue weighted by atomic mass is 10.2. The second-order valence-electron chi connectivity index (χ2n) is 3.29. The minimum absolute atomic E-state index is 0.143. The minimum atomic E-state index is 0.143. The number of nitrogens with zero attached hydrogens (tertiary/aromatic N) is 1. The molecule has 0 aliphatic rings. The number of aromatic hydroxyl groups is 1. The molecule has 0 saturated carbocycles. The van der Waals surface area contributed by atoms with E-state index in [9.17, 15) is 5.11 Å². The van der Waals surface area contributed by atoms with Crippen LogP contribution in [0.5, 0.6) is 5.88 Å². The molecular formula is C11H10ClNOS. The van der Waals surface area contributed by atoms with E-state index in [0.29, 0.717) is 0 Å². The molecule has 0 saturated heterocycles. The number of thiazole rings is 1. The van der Waals surface area contributed by atoms with Crippen molar-refractivity contribution in [3.63, 3.8) is 0 Å². The van der Waals surface area contributed by atoms with Crippen molar-refractivity contribution in [2.45, 2.75) is 13.3 Å². The molecule has 0 bridgehead atoms. The Kier molecular flexibility index (Phi) is 2.93. The van der Waals surface area contributed by atoms with Crippen molar-refractivity contribution in [2.75, 3.05) is 0 Å². The van der Waals surface area contributed by atoms with Crippen LogP contribution in [-0.2, 0) is 6.42 Å². The molecule has 0 aliphatic heterocycles. The lowest BCUT2D eigenvalue weighted by Gasteiger charge is -1.97. The van der Waals surface area contributed by atoms with E-state index in [2.05, 4.69) is 4.98 Å². The van der Waals surface area contributed by atoms with Crippen molar-refractivity contribution >= 4 is 22.9 Å². The fourth-order valence-electron chi connectivity index (χ4n) is 1.29. The first-order valence-corrected chi connectivity index (χ1v) is 5.74. The van der Waals surface area contributed by atoms with Crippen molar-refractivity contribution in [3.05, 3.63) is 44.7 Å². The lowest BCUT2D eigenvalue weighted by Crippen LogP contribution is -1.85. The summed E-state index contributed by atoms with van der Waals surface area (Å²) in [5.41, 5.74) is 1.15. The quantitative estimate of drug-likeness (QED) is 0.871. The summed E-state index contributed by atoms with van der Waals surface area (Å²) in [5, 5.41) is 11.0. The SMILES string of the molecule is Cc1sc(Cc2ccc(Cl)cc2)nc1O. The molecule has 1 aromatic heterocycles. The van der Waals surface area contributed by atoms with Gasteiger partial charge in [0.15, 0.2) is 0 Å². The Balaban J connectivity index is 2.18. The van der Waals surface area contributed by atoms with Crippen molar-refractivity contribution in [1.29, 1.82) is 0 Å². The van der Waals surface area contributed by atoms with Crippen molar-refractivity contribution < 1.29 is 5.11 Å². The highest BCUT2D eigenvalue weighted by atomic mass is 35.5. The molecule has 4 heteroatoms. The molecule has 0 fully saturated rings. The maximum absolute atomic E-state index is 9.34. The van der Waals surface area contributed by atoms with Crippen LogP contribution in [0.1, 0.15) is 15.4 Å². The molecule has 0 radical (unpaired) electrons. The average molecular weight is 240 g/mol. The van der Waals surface area contributed by atoms with Gasteiger partial charge in [-0.15, -0.1) is 11.3 Å². The molecule has 1 heterocycles. The molecular weight excluding hydrogens is 230 g/mol. The van der Waals surface area contributed by atoms with E-state index in [0.717, 1.165) is 26.9 Å². The van der Waals surface area contributed by atoms with Gasteiger partial charge in [0.2, 0.25) is 5.88 Å². The van der Waals surface area contributed by atoms with Gasteiger partial charge in [-0.2, -0.15) is 0 Å². The van der Waals surface area contributed by atoms with Crippen LogP contribution in [0.15, 0.2) is 24.3 Å². The first-order chi connectivity index (χ1) is 7.15. The zero-order chi connectivity index (χ0) is 10.8. The number of hydrogen-bond donors (Lipinski definition) is 1. The molecule has 2 rings (SSSR count). The molecule has 15 heavy (non-hydrogen) atoms. The van der Waals surface area contributed by atoms with Gasteiger partial charge >= 0.3 is 0 Å². The van der Waals surface area contributed by atoms with Gasteiger partial charge in [-0.1, -0.05) is 23.7 Å². The number of aryl methyl sites for hydroxylation is 1. The third-order valence-electron chi connectivity index (χ3n) is 2.09. The fraction of sp³-hybridized carbons (Fsp3) is 0.182. The molecule has 0 aliphatic carbocycles. The van der Waals surface area contributed by atoms with Gasteiger partial charge in [-0.25, -0.2) is 4.98 Å². The van der Waals surface area contributed by atoms with Crippen molar-refractivity contribution in [1.82, 2.24) is 4.98 Å². The normalized spacial score (nSPS) is 10.5.